The van der Waals surface area contributed by atoms with Gasteiger partial charge in [-0.3, -0.25) is 4.79 Å². The van der Waals surface area contributed by atoms with E-state index in [0.29, 0.717) is 37.1 Å². The van der Waals surface area contributed by atoms with E-state index in [4.69, 9.17) is 4.74 Å². The summed E-state index contributed by atoms with van der Waals surface area (Å²) < 4.78 is 43.8. The van der Waals surface area contributed by atoms with E-state index in [2.05, 4.69) is 20.6 Å². The Morgan fingerprint density at radius 1 is 1.26 bits per heavy atom. The summed E-state index contributed by atoms with van der Waals surface area (Å²) >= 11 is 0. The molecule has 2 N–H and O–H groups in total. The lowest BCUT2D eigenvalue weighted by molar-refractivity contribution is -0.144. The highest BCUT2D eigenvalue weighted by Crippen LogP contribution is 2.31. The molecule has 0 spiro atoms. The first-order valence-corrected chi connectivity index (χ1v) is 6.79. The zero-order chi connectivity index (χ0) is 16.9. The minimum Gasteiger partial charge on any atom is -0.497 e. The molecule has 1 heterocycles. The van der Waals surface area contributed by atoms with Gasteiger partial charge in [-0.2, -0.15) is 13.2 Å². The molecule has 0 saturated heterocycles. The fraction of sp³-hybridized carbons (Fsp3) is 0.357. The molecule has 1 aromatic carbocycles. The standard InChI is InChI=1S/C14H15F3N4O2/c1-23-9-3-4-10-11(7-9)20-13(14(15,16)17)21-12(10)19-6-2-5-18-8-22/h3-4,7-8H,2,5-6H2,1H3,(H,18,22)(H,19,20,21). The number of aromatic nitrogens is 2. The maximum absolute atomic E-state index is 12.9. The van der Waals surface area contributed by atoms with E-state index in [-0.39, 0.29) is 11.3 Å². The lowest BCUT2D eigenvalue weighted by Crippen LogP contribution is -2.17. The summed E-state index contributed by atoms with van der Waals surface area (Å²) in [7, 11) is 1.42. The Labute approximate surface area is 130 Å². The van der Waals surface area contributed by atoms with Gasteiger partial charge in [-0.05, 0) is 18.6 Å². The fourth-order valence-electron chi connectivity index (χ4n) is 1.95. The number of alkyl halides is 3. The van der Waals surface area contributed by atoms with Crippen LogP contribution in [0.3, 0.4) is 0 Å². The van der Waals surface area contributed by atoms with Crippen LogP contribution in [0.15, 0.2) is 18.2 Å². The van der Waals surface area contributed by atoms with Gasteiger partial charge < -0.3 is 15.4 Å². The third-order valence-corrected chi connectivity index (χ3v) is 3.03. The zero-order valence-electron chi connectivity index (χ0n) is 12.3. The number of anilines is 1. The summed E-state index contributed by atoms with van der Waals surface area (Å²) in [6.45, 7) is 0.774. The summed E-state index contributed by atoms with van der Waals surface area (Å²) in [5.74, 6) is -0.715. The van der Waals surface area contributed by atoms with Gasteiger partial charge in [0.2, 0.25) is 12.2 Å². The number of halogens is 3. The monoisotopic (exact) mass is 328 g/mol. The molecule has 0 bridgehead atoms. The molecule has 1 amide bonds. The topological polar surface area (TPSA) is 76.1 Å². The highest BCUT2D eigenvalue weighted by atomic mass is 19.4. The Kier molecular flexibility index (Phi) is 5.20. The number of methoxy groups -OCH3 is 1. The van der Waals surface area contributed by atoms with Crippen LogP contribution in [0.1, 0.15) is 12.2 Å². The maximum Gasteiger partial charge on any atom is 0.451 e. The largest absolute Gasteiger partial charge is 0.497 e. The minimum atomic E-state index is -4.65. The number of carbonyl (C=O) groups is 1. The molecule has 0 aliphatic rings. The fourth-order valence-corrected chi connectivity index (χ4v) is 1.95. The number of rotatable bonds is 7. The highest BCUT2D eigenvalue weighted by Gasteiger charge is 2.35. The summed E-state index contributed by atoms with van der Waals surface area (Å²) in [5, 5.41) is 5.78. The molecule has 2 aromatic rings. The van der Waals surface area contributed by atoms with Crippen molar-refractivity contribution in [2.24, 2.45) is 0 Å². The van der Waals surface area contributed by atoms with E-state index in [9.17, 15) is 18.0 Å². The summed E-state index contributed by atoms with van der Waals surface area (Å²) in [6, 6.07) is 4.64. The van der Waals surface area contributed by atoms with Gasteiger partial charge in [-0.25, -0.2) is 9.97 Å². The molecular weight excluding hydrogens is 313 g/mol. The van der Waals surface area contributed by atoms with Crippen LogP contribution in [0.25, 0.3) is 10.9 Å². The number of hydrogen-bond donors (Lipinski definition) is 2. The molecule has 0 saturated carbocycles. The summed E-state index contributed by atoms with van der Waals surface area (Å²) in [6.07, 6.45) is -3.54. The van der Waals surface area contributed by atoms with Crippen LogP contribution >= 0.6 is 0 Å². The molecule has 0 atom stereocenters. The van der Waals surface area contributed by atoms with Gasteiger partial charge in [0.1, 0.15) is 11.6 Å². The van der Waals surface area contributed by atoms with Gasteiger partial charge in [0, 0.05) is 24.5 Å². The van der Waals surface area contributed by atoms with E-state index in [1.54, 1.807) is 12.1 Å². The SMILES string of the molecule is COc1ccc2c(NCCCNC=O)nc(C(F)(F)F)nc2c1. The second-order valence-electron chi connectivity index (χ2n) is 4.63. The second kappa shape index (κ2) is 7.12. The molecule has 2 rings (SSSR count). The van der Waals surface area contributed by atoms with Crippen LogP contribution in [0.2, 0.25) is 0 Å². The van der Waals surface area contributed by atoms with Crippen molar-refractivity contribution < 1.29 is 22.7 Å². The number of benzene rings is 1. The van der Waals surface area contributed by atoms with Crippen molar-refractivity contribution in [1.82, 2.24) is 15.3 Å². The van der Waals surface area contributed by atoms with Crippen LogP contribution in [-0.4, -0.2) is 36.6 Å². The number of carbonyl (C=O) groups excluding carboxylic acids is 1. The van der Waals surface area contributed by atoms with E-state index in [0.717, 1.165) is 0 Å². The first kappa shape index (κ1) is 16.8. The van der Waals surface area contributed by atoms with E-state index in [1.165, 1.54) is 13.2 Å². The van der Waals surface area contributed by atoms with Crippen molar-refractivity contribution >= 4 is 23.1 Å². The molecule has 0 aliphatic carbocycles. The van der Waals surface area contributed by atoms with Crippen LogP contribution in [0.5, 0.6) is 5.75 Å². The predicted molar refractivity (Wildman–Crippen MR) is 78.3 cm³/mol. The Morgan fingerprint density at radius 3 is 2.70 bits per heavy atom. The number of fused-ring (bicyclic) bond motifs is 1. The van der Waals surface area contributed by atoms with E-state index < -0.39 is 12.0 Å². The Bertz CT molecular complexity index is 692. The molecule has 124 valence electrons. The number of amides is 1. The average molecular weight is 328 g/mol. The molecule has 9 heteroatoms. The van der Waals surface area contributed by atoms with Crippen LogP contribution in [-0.2, 0) is 11.0 Å². The number of ether oxygens (including phenoxy) is 1. The first-order chi connectivity index (χ1) is 11.0. The van der Waals surface area contributed by atoms with Gasteiger partial charge >= 0.3 is 6.18 Å². The molecule has 0 unspecified atom stereocenters. The first-order valence-electron chi connectivity index (χ1n) is 6.79. The maximum atomic E-state index is 12.9. The van der Waals surface area contributed by atoms with Gasteiger partial charge in [-0.1, -0.05) is 0 Å². The smallest absolute Gasteiger partial charge is 0.451 e. The average Bonchev–Trinajstić information content (AvgIpc) is 2.52. The molecule has 6 nitrogen and oxygen atoms in total. The van der Waals surface area contributed by atoms with Gasteiger partial charge in [0.25, 0.3) is 0 Å². The normalized spacial score (nSPS) is 11.3. The van der Waals surface area contributed by atoms with Crippen molar-refractivity contribution in [3.05, 3.63) is 24.0 Å². The zero-order valence-corrected chi connectivity index (χ0v) is 12.3. The molecule has 0 aliphatic heterocycles. The Morgan fingerprint density at radius 2 is 2.04 bits per heavy atom. The molecule has 23 heavy (non-hydrogen) atoms. The number of nitrogens with one attached hydrogen (secondary N) is 2. The summed E-state index contributed by atoms with van der Waals surface area (Å²) in [5.41, 5.74) is 0.139. The lowest BCUT2D eigenvalue weighted by atomic mass is 10.2. The van der Waals surface area contributed by atoms with Gasteiger partial charge in [0.05, 0.1) is 12.6 Å². The van der Waals surface area contributed by atoms with E-state index in [1.807, 2.05) is 0 Å². The van der Waals surface area contributed by atoms with Gasteiger partial charge in [-0.15, -0.1) is 0 Å². The Balaban J connectivity index is 2.34. The number of nitrogens with zero attached hydrogens (tertiary/aromatic N) is 2. The lowest BCUT2D eigenvalue weighted by Gasteiger charge is -2.13. The molecule has 0 fully saturated rings. The second-order valence-corrected chi connectivity index (χ2v) is 4.63. The van der Waals surface area contributed by atoms with Crippen molar-refractivity contribution in [1.29, 1.82) is 0 Å². The van der Waals surface area contributed by atoms with Crippen molar-refractivity contribution in [3.63, 3.8) is 0 Å². The van der Waals surface area contributed by atoms with Gasteiger partial charge in [0.15, 0.2) is 0 Å². The van der Waals surface area contributed by atoms with Crippen LogP contribution < -0.4 is 15.4 Å². The van der Waals surface area contributed by atoms with Crippen molar-refractivity contribution in [2.45, 2.75) is 12.6 Å². The van der Waals surface area contributed by atoms with E-state index >= 15 is 0 Å². The quantitative estimate of drug-likeness (QED) is 0.602. The van der Waals surface area contributed by atoms with Crippen LogP contribution in [0, 0.1) is 0 Å². The summed E-state index contributed by atoms with van der Waals surface area (Å²) in [4.78, 5) is 17.3. The number of hydrogen-bond acceptors (Lipinski definition) is 5. The predicted octanol–water partition coefficient (Wildman–Crippen LogP) is 2.21. The third kappa shape index (κ3) is 4.21. The third-order valence-electron chi connectivity index (χ3n) is 3.03. The molecular formula is C14H15F3N4O2. The van der Waals surface area contributed by atoms with Crippen molar-refractivity contribution in [3.8, 4) is 5.75 Å². The van der Waals surface area contributed by atoms with Crippen molar-refractivity contribution in [2.75, 3.05) is 25.5 Å². The minimum absolute atomic E-state index is 0.0936. The Hall–Kier alpha value is -2.58. The highest BCUT2D eigenvalue weighted by molar-refractivity contribution is 5.90. The van der Waals surface area contributed by atoms with Crippen LogP contribution in [0.4, 0.5) is 19.0 Å². The molecule has 1 aromatic heterocycles. The molecule has 0 radical (unpaired) electrons.